The van der Waals surface area contributed by atoms with Crippen LogP contribution in [0, 0.1) is 46.3 Å². The standard InChI is InChI=1S/C22H39NO2.ClH/c1-13(12-24)16-4-5-17-20-18(7-9-22(16,17)3)21(2)8-6-15(25)10-14(21)11-19(20)23;/h13-20,24-25H,4-12,23H2,1-3H3;1H/t13-,14-,15-,16-,17+,18+,19-,20+,21+,22-;/m1./s1. The fourth-order valence-corrected chi connectivity index (χ4v) is 8.40. The van der Waals surface area contributed by atoms with Crippen molar-refractivity contribution < 1.29 is 10.2 Å². The number of aliphatic hydroxyl groups excluding tert-OH is 2. The van der Waals surface area contributed by atoms with Gasteiger partial charge in [-0.05, 0) is 97.7 Å². The molecule has 4 rings (SSSR count). The molecule has 4 fully saturated rings. The monoisotopic (exact) mass is 385 g/mol. The van der Waals surface area contributed by atoms with E-state index in [1.165, 1.54) is 32.1 Å². The van der Waals surface area contributed by atoms with Gasteiger partial charge < -0.3 is 15.9 Å². The smallest absolute Gasteiger partial charge is 0.0543 e. The zero-order valence-electron chi connectivity index (χ0n) is 16.9. The Morgan fingerprint density at radius 3 is 2.35 bits per heavy atom. The molecule has 4 aliphatic carbocycles. The van der Waals surface area contributed by atoms with Crippen molar-refractivity contribution in [1.29, 1.82) is 0 Å². The van der Waals surface area contributed by atoms with Crippen LogP contribution in [0.2, 0.25) is 0 Å². The number of nitrogens with two attached hydrogens (primary N) is 1. The summed E-state index contributed by atoms with van der Waals surface area (Å²) in [5.74, 6) is 3.84. The van der Waals surface area contributed by atoms with E-state index in [-0.39, 0.29) is 18.5 Å². The lowest BCUT2D eigenvalue weighted by molar-refractivity contribution is -0.137. The summed E-state index contributed by atoms with van der Waals surface area (Å²) in [7, 11) is 0. The summed E-state index contributed by atoms with van der Waals surface area (Å²) >= 11 is 0. The van der Waals surface area contributed by atoms with Crippen LogP contribution in [0.1, 0.15) is 72.1 Å². The zero-order chi connectivity index (χ0) is 18.0. The second-order valence-electron chi connectivity index (χ2n) is 10.7. The van der Waals surface area contributed by atoms with E-state index in [0.717, 1.165) is 31.1 Å². The number of halogens is 1. The molecule has 0 amide bonds. The summed E-state index contributed by atoms with van der Waals surface area (Å²) in [6.45, 7) is 7.61. The molecule has 10 atom stereocenters. The van der Waals surface area contributed by atoms with Gasteiger partial charge >= 0.3 is 0 Å². The molecule has 3 nitrogen and oxygen atoms in total. The van der Waals surface area contributed by atoms with E-state index in [2.05, 4.69) is 20.8 Å². The van der Waals surface area contributed by atoms with Crippen LogP contribution in [0.25, 0.3) is 0 Å². The van der Waals surface area contributed by atoms with Gasteiger partial charge in [0, 0.05) is 12.6 Å². The highest BCUT2D eigenvalue weighted by molar-refractivity contribution is 5.85. The van der Waals surface area contributed by atoms with Crippen molar-refractivity contribution in [3.05, 3.63) is 0 Å². The maximum absolute atomic E-state index is 10.2. The highest BCUT2D eigenvalue weighted by Gasteiger charge is 2.62. The Labute approximate surface area is 165 Å². The van der Waals surface area contributed by atoms with Crippen molar-refractivity contribution in [3.8, 4) is 0 Å². The van der Waals surface area contributed by atoms with Crippen LogP contribution in [-0.2, 0) is 0 Å². The second kappa shape index (κ2) is 7.21. The molecular weight excluding hydrogens is 346 g/mol. The summed E-state index contributed by atoms with van der Waals surface area (Å²) in [6.07, 6.45) is 9.36. The van der Waals surface area contributed by atoms with Gasteiger partial charge in [-0.3, -0.25) is 0 Å². The molecule has 0 heterocycles. The molecule has 0 aromatic rings. The molecule has 4 saturated carbocycles. The molecule has 26 heavy (non-hydrogen) atoms. The van der Waals surface area contributed by atoms with E-state index in [4.69, 9.17) is 5.73 Å². The Bertz CT molecular complexity index is 516. The van der Waals surface area contributed by atoms with Gasteiger partial charge in [0.15, 0.2) is 0 Å². The minimum atomic E-state index is -0.100. The van der Waals surface area contributed by atoms with Crippen LogP contribution >= 0.6 is 12.4 Å². The van der Waals surface area contributed by atoms with Crippen LogP contribution in [0.15, 0.2) is 0 Å². The van der Waals surface area contributed by atoms with Gasteiger partial charge in [0.05, 0.1) is 6.10 Å². The third-order valence-corrected chi connectivity index (χ3v) is 9.78. The lowest BCUT2D eigenvalue weighted by Gasteiger charge is -2.62. The van der Waals surface area contributed by atoms with Gasteiger partial charge in [-0.1, -0.05) is 20.8 Å². The first kappa shape index (κ1) is 20.9. The van der Waals surface area contributed by atoms with Gasteiger partial charge in [-0.2, -0.15) is 0 Å². The molecular formula is C22H40ClNO2. The zero-order valence-corrected chi connectivity index (χ0v) is 17.7. The third-order valence-electron chi connectivity index (χ3n) is 9.78. The van der Waals surface area contributed by atoms with Gasteiger partial charge in [0.2, 0.25) is 0 Å². The van der Waals surface area contributed by atoms with Gasteiger partial charge in [-0.25, -0.2) is 0 Å². The Hall–Kier alpha value is 0.170. The molecule has 0 radical (unpaired) electrons. The van der Waals surface area contributed by atoms with E-state index in [9.17, 15) is 10.2 Å². The number of fused-ring (bicyclic) bond motifs is 5. The quantitative estimate of drug-likeness (QED) is 0.673. The first-order chi connectivity index (χ1) is 11.8. The van der Waals surface area contributed by atoms with E-state index in [1.54, 1.807) is 0 Å². The largest absolute Gasteiger partial charge is 0.396 e. The van der Waals surface area contributed by atoms with Gasteiger partial charge in [-0.15, -0.1) is 12.4 Å². The lowest BCUT2D eigenvalue weighted by Crippen LogP contribution is -2.60. The molecule has 0 aliphatic heterocycles. The molecule has 0 aromatic heterocycles. The van der Waals surface area contributed by atoms with Crippen LogP contribution in [0.4, 0.5) is 0 Å². The summed E-state index contributed by atoms with van der Waals surface area (Å²) in [4.78, 5) is 0. The summed E-state index contributed by atoms with van der Waals surface area (Å²) in [5, 5.41) is 20.0. The van der Waals surface area contributed by atoms with Crippen LogP contribution < -0.4 is 5.73 Å². The highest BCUT2D eigenvalue weighted by atomic mass is 35.5. The number of hydrogen-bond donors (Lipinski definition) is 3. The fraction of sp³-hybridized carbons (Fsp3) is 1.00. The highest BCUT2D eigenvalue weighted by Crippen LogP contribution is 2.67. The van der Waals surface area contributed by atoms with Crippen molar-refractivity contribution in [2.24, 2.45) is 52.1 Å². The molecule has 152 valence electrons. The molecule has 0 saturated heterocycles. The van der Waals surface area contributed by atoms with Crippen LogP contribution in [-0.4, -0.2) is 29.0 Å². The third kappa shape index (κ3) is 2.88. The van der Waals surface area contributed by atoms with E-state index >= 15 is 0 Å². The van der Waals surface area contributed by atoms with Crippen molar-refractivity contribution in [2.75, 3.05) is 6.61 Å². The van der Waals surface area contributed by atoms with Crippen molar-refractivity contribution >= 4 is 12.4 Å². The Morgan fingerprint density at radius 2 is 1.65 bits per heavy atom. The SMILES string of the molecule is C[C@H](CO)[C@H]1CC[C@H]2[C@@H]3[C@H](N)C[C@H]4C[C@H](O)CC[C@]4(C)[C@H]3CC[C@]12C.Cl. The number of aliphatic hydroxyl groups is 2. The number of rotatable bonds is 2. The minimum absolute atomic E-state index is 0. The maximum atomic E-state index is 10.2. The van der Waals surface area contributed by atoms with Gasteiger partial charge in [0.1, 0.15) is 0 Å². The van der Waals surface area contributed by atoms with Crippen LogP contribution in [0.5, 0.6) is 0 Å². The Balaban J connectivity index is 0.00000196. The molecule has 0 unspecified atom stereocenters. The molecule has 0 aromatic carbocycles. The van der Waals surface area contributed by atoms with Crippen LogP contribution in [0.3, 0.4) is 0 Å². The summed E-state index contributed by atoms with van der Waals surface area (Å²) < 4.78 is 0. The first-order valence-electron chi connectivity index (χ1n) is 10.9. The summed E-state index contributed by atoms with van der Waals surface area (Å²) in [5.41, 5.74) is 7.60. The predicted molar refractivity (Wildman–Crippen MR) is 108 cm³/mol. The second-order valence-corrected chi connectivity index (χ2v) is 10.7. The first-order valence-corrected chi connectivity index (χ1v) is 10.9. The molecule has 4 heteroatoms. The van der Waals surface area contributed by atoms with E-state index in [1.807, 2.05) is 0 Å². The topological polar surface area (TPSA) is 66.5 Å². The average molecular weight is 386 g/mol. The van der Waals surface area contributed by atoms with E-state index in [0.29, 0.717) is 47.2 Å². The summed E-state index contributed by atoms with van der Waals surface area (Å²) in [6, 6.07) is 0.307. The maximum Gasteiger partial charge on any atom is 0.0543 e. The average Bonchev–Trinajstić information content (AvgIpc) is 2.93. The molecule has 4 aliphatic rings. The minimum Gasteiger partial charge on any atom is -0.396 e. The van der Waals surface area contributed by atoms with Crippen molar-refractivity contribution in [1.82, 2.24) is 0 Å². The number of hydrogen-bond acceptors (Lipinski definition) is 3. The van der Waals surface area contributed by atoms with Crippen molar-refractivity contribution in [2.45, 2.75) is 84.3 Å². The lowest BCUT2D eigenvalue weighted by atomic mass is 9.43. The predicted octanol–water partition coefficient (Wildman–Crippen LogP) is 3.99. The Morgan fingerprint density at radius 1 is 1.00 bits per heavy atom. The molecule has 4 N–H and O–H groups in total. The Kier molecular flexibility index (Phi) is 5.79. The molecule has 0 spiro atoms. The normalized spacial score (nSPS) is 54.5. The van der Waals surface area contributed by atoms with E-state index < -0.39 is 0 Å². The fourth-order valence-electron chi connectivity index (χ4n) is 8.40. The van der Waals surface area contributed by atoms with Gasteiger partial charge in [0.25, 0.3) is 0 Å². The molecule has 0 bridgehead atoms. The van der Waals surface area contributed by atoms with Crippen molar-refractivity contribution in [3.63, 3.8) is 0 Å².